The molecule has 1 unspecified atom stereocenters. The Labute approximate surface area is 115 Å². The molecule has 0 aliphatic rings. The predicted molar refractivity (Wildman–Crippen MR) is 78.5 cm³/mol. The number of hydrogen-bond donors (Lipinski definition) is 0. The van der Waals surface area contributed by atoms with E-state index in [2.05, 4.69) is 27.7 Å². The zero-order valence-corrected chi connectivity index (χ0v) is 15.1. The topological polar surface area (TPSA) is 35.5 Å². The summed E-state index contributed by atoms with van der Waals surface area (Å²) < 4.78 is 0. The van der Waals surface area contributed by atoms with Crippen molar-refractivity contribution < 1.29 is 14.6 Å². The maximum atomic E-state index is 11.7. The first-order valence-electron chi connectivity index (χ1n) is 7.09. The first-order valence-corrected chi connectivity index (χ1v) is 8.25. The van der Waals surface area contributed by atoms with Crippen LogP contribution >= 0.6 is 0 Å². The van der Waals surface area contributed by atoms with Crippen molar-refractivity contribution in [2.75, 3.05) is 0 Å². The van der Waals surface area contributed by atoms with Crippen LogP contribution in [0.15, 0.2) is 0 Å². The van der Waals surface area contributed by atoms with Crippen molar-refractivity contribution in [2.45, 2.75) is 71.9 Å². The van der Waals surface area contributed by atoms with Gasteiger partial charge in [0.15, 0.2) is 0 Å². The Morgan fingerprint density at radius 2 is 1.61 bits per heavy atom. The summed E-state index contributed by atoms with van der Waals surface area (Å²) in [5, 5.41) is 0. The van der Waals surface area contributed by atoms with E-state index in [1.54, 1.807) is 0 Å². The Kier molecular flexibility index (Phi) is 7.79. The first kappa shape index (κ1) is 17.6. The standard InChI is InChI=1S/C14H30O3Si/c1-7-12(18)13(15)16-17-14(6,8-10(2)3)9-11(4)5/h10-12H,7-9H2,1-6,18H3. The van der Waals surface area contributed by atoms with E-state index in [0.717, 1.165) is 29.5 Å². The second kappa shape index (κ2) is 7.95. The van der Waals surface area contributed by atoms with Gasteiger partial charge in [-0.15, -0.1) is 0 Å². The lowest BCUT2D eigenvalue weighted by atomic mass is 9.87. The fraction of sp³-hybridized carbons (Fsp3) is 0.929. The van der Waals surface area contributed by atoms with E-state index in [4.69, 9.17) is 9.78 Å². The van der Waals surface area contributed by atoms with Crippen molar-refractivity contribution in [3.8, 4) is 0 Å². The highest BCUT2D eigenvalue weighted by atomic mass is 28.1. The van der Waals surface area contributed by atoms with Crippen LogP contribution in [0.4, 0.5) is 0 Å². The lowest BCUT2D eigenvalue weighted by Crippen LogP contribution is -2.34. The first-order chi connectivity index (χ1) is 8.20. The largest absolute Gasteiger partial charge is 0.341 e. The lowest BCUT2D eigenvalue weighted by Gasteiger charge is -2.31. The number of carbonyl (C=O) groups is 1. The van der Waals surface area contributed by atoms with Gasteiger partial charge < -0.3 is 0 Å². The fourth-order valence-corrected chi connectivity index (χ4v) is 2.37. The smallest absolute Gasteiger partial charge is 0.298 e. The van der Waals surface area contributed by atoms with Crippen LogP contribution < -0.4 is 0 Å². The van der Waals surface area contributed by atoms with Gasteiger partial charge in [-0.2, -0.15) is 4.89 Å². The Balaban J connectivity index is 4.45. The summed E-state index contributed by atoms with van der Waals surface area (Å²) in [6, 6.07) is 0. The van der Waals surface area contributed by atoms with Gasteiger partial charge in [0.25, 0.3) is 0 Å². The third kappa shape index (κ3) is 7.16. The van der Waals surface area contributed by atoms with Crippen LogP contribution in [0, 0.1) is 11.8 Å². The second-order valence-corrected chi connectivity index (χ2v) is 7.83. The van der Waals surface area contributed by atoms with Crippen LogP contribution in [0.5, 0.6) is 0 Å². The molecule has 108 valence electrons. The zero-order valence-electron chi connectivity index (χ0n) is 13.1. The molecule has 18 heavy (non-hydrogen) atoms. The Morgan fingerprint density at radius 1 is 1.17 bits per heavy atom. The molecule has 0 saturated carbocycles. The van der Waals surface area contributed by atoms with E-state index < -0.39 is 0 Å². The summed E-state index contributed by atoms with van der Waals surface area (Å²) in [6.07, 6.45) is 2.63. The molecule has 0 amide bonds. The molecule has 1 atom stereocenters. The van der Waals surface area contributed by atoms with Gasteiger partial charge in [0.1, 0.15) is 5.60 Å². The van der Waals surface area contributed by atoms with Crippen LogP contribution in [0.2, 0.25) is 5.54 Å². The van der Waals surface area contributed by atoms with Gasteiger partial charge in [0.05, 0.1) is 0 Å². The summed E-state index contributed by atoms with van der Waals surface area (Å²) in [4.78, 5) is 22.2. The number of rotatable bonds is 8. The Hall–Kier alpha value is -0.353. The molecule has 0 rings (SSSR count). The highest BCUT2D eigenvalue weighted by Crippen LogP contribution is 2.29. The molecule has 0 heterocycles. The normalized spacial score (nSPS) is 14.2. The quantitative estimate of drug-likeness (QED) is 0.388. The van der Waals surface area contributed by atoms with Crippen molar-refractivity contribution in [2.24, 2.45) is 11.8 Å². The summed E-state index contributed by atoms with van der Waals surface area (Å²) in [6.45, 7) is 12.7. The van der Waals surface area contributed by atoms with Gasteiger partial charge in [-0.1, -0.05) is 34.6 Å². The third-order valence-corrected chi connectivity index (χ3v) is 4.31. The van der Waals surface area contributed by atoms with E-state index in [1.165, 1.54) is 0 Å². The average Bonchev–Trinajstić information content (AvgIpc) is 2.22. The van der Waals surface area contributed by atoms with E-state index in [9.17, 15) is 4.79 Å². The minimum atomic E-state index is -0.368. The maximum Gasteiger partial charge on any atom is 0.341 e. The van der Waals surface area contributed by atoms with Crippen molar-refractivity contribution in [1.29, 1.82) is 0 Å². The maximum absolute atomic E-state index is 11.7. The summed E-state index contributed by atoms with van der Waals surface area (Å²) in [5.41, 5.74) is -0.333. The summed E-state index contributed by atoms with van der Waals surface area (Å²) in [7, 11) is 0.817. The highest BCUT2D eigenvalue weighted by Gasteiger charge is 2.31. The van der Waals surface area contributed by atoms with E-state index in [0.29, 0.717) is 11.8 Å². The highest BCUT2D eigenvalue weighted by molar-refractivity contribution is 6.22. The molecule has 0 aromatic heterocycles. The second-order valence-electron chi connectivity index (χ2n) is 6.44. The molecular weight excluding hydrogens is 244 g/mol. The van der Waals surface area contributed by atoms with Gasteiger partial charge in [0, 0.05) is 15.8 Å². The molecule has 0 fully saturated rings. The molecule has 0 N–H and O–H groups in total. The third-order valence-electron chi connectivity index (χ3n) is 3.02. The molecule has 3 nitrogen and oxygen atoms in total. The average molecular weight is 274 g/mol. The molecular formula is C14H30O3Si. The van der Waals surface area contributed by atoms with Crippen LogP contribution in [0.25, 0.3) is 0 Å². The van der Waals surface area contributed by atoms with Gasteiger partial charge in [-0.3, -0.25) is 4.89 Å². The van der Waals surface area contributed by atoms with Crippen molar-refractivity contribution in [3.05, 3.63) is 0 Å². The Morgan fingerprint density at radius 3 is 1.94 bits per heavy atom. The predicted octanol–water partition coefficient (Wildman–Crippen LogP) is 2.88. The summed E-state index contributed by atoms with van der Waals surface area (Å²) in [5.74, 6) is 0.832. The number of carbonyl (C=O) groups excluding carboxylic acids is 1. The molecule has 0 aromatic rings. The Bertz CT molecular complexity index is 241. The SMILES string of the molecule is CCC([SiH3])C(=O)OOC(C)(CC(C)C)CC(C)C. The molecule has 0 aromatic carbocycles. The van der Waals surface area contributed by atoms with Gasteiger partial charge in [0.2, 0.25) is 0 Å². The van der Waals surface area contributed by atoms with E-state index >= 15 is 0 Å². The van der Waals surface area contributed by atoms with Gasteiger partial charge >= 0.3 is 5.97 Å². The molecule has 0 aliphatic carbocycles. The molecule has 0 spiro atoms. The van der Waals surface area contributed by atoms with E-state index in [-0.39, 0.29) is 17.1 Å². The van der Waals surface area contributed by atoms with Crippen LogP contribution in [0.1, 0.15) is 60.8 Å². The molecule has 0 saturated heterocycles. The van der Waals surface area contributed by atoms with Crippen molar-refractivity contribution in [3.63, 3.8) is 0 Å². The molecule has 0 radical (unpaired) electrons. The van der Waals surface area contributed by atoms with Gasteiger partial charge in [-0.05, 0) is 38.0 Å². The lowest BCUT2D eigenvalue weighted by molar-refractivity contribution is -0.335. The van der Waals surface area contributed by atoms with Gasteiger partial charge in [-0.25, -0.2) is 4.79 Å². The number of hydrogen-bond acceptors (Lipinski definition) is 3. The molecule has 0 aliphatic heterocycles. The van der Waals surface area contributed by atoms with Crippen LogP contribution in [-0.2, 0) is 14.6 Å². The van der Waals surface area contributed by atoms with Crippen molar-refractivity contribution in [1.82, 2.24) is 0 Å². The van der Waals surface area contributed by atoms with Crippen LogP contribution in [0.3, 0.4) is 0 Å². The zero-order chi connectivity index (χ0) is 14.3. The fourth-order valence-electron chi connectivity index (χ4n) is 2.27. The monoisotopic (exact) mass is 274 g/mol. The summed E-state index contributed by atoms with van der Waals surface area (Å²) >= 11 is 0. The minimum absolute atomic E-state index is 0.0346. The van der Waals surface area contributed by atoms with Crippen LogP contribution in [-0.4, -0.2) is 21.8 Å². The molecule has 4 heteroatoms. The van der Waals surface area contributed by atoms with E-state index in [1.807, 2.05) is 13.8 Å². The minimum Gasteiger partial charge on any atom is -0.298 e. The molecule has 0 bridgehead atoms. The van der Waals surface area contributed by atoms with Crippen molar-refractivity contribution >= 4 is 16.2 Å².